The van der Waals surface area contributed by atoms with Crippen molar-refractivity contribution in [2.45, 2.75) is 68.9 Å². The number of nitrogens with two attached hydrogens (primary N) is 2. The zero-order chi connectivity index (χ0) is 38.5. The smallest absolute Gasteiger partial charge is 0.407 e. The fourth-order valence-electron chi connectivity index (χ4n) is 6.04. The first kappa shape index (κ1) is 40.2. The van der Waals surface area contributed by atoms with E-state index in [4.69, 9.17) is 30.4 Å². The summed E-state index contributed by atoms with van der Waals surface area (Å²) in [6.45, 7) is 4.76. The van der Waals surface area contributed by atoms with Gasteiger partial charge in [-0.2, -0.15) is 4.31 Å². The van der Waals surface area contributed by atoms with E-state index in [1.54, 1.807) is 0 Å². The molecule has 1 heterocycles. The van der Waals surface area contributed by atoms with Crippen LogP contribution in [0.1, 0.15) is 37.0 Å². The number of anilines is 1. The molecule has 4 aromatic carbocycles. The summed E-state index contributed by atoms with van der Waals surface area (Å²) < 4.78 is 52.6. The molecule has 0 unspecified atom stereocenters. The molecule has 0 aromatic heterocycles. The van der Waals surface area contributed by atoms with Gasteiger partial charge in [0.15, 0.2) is 0 Å². The van der Waals surface area contributed by atoms with Crippen LogP contribution in [-0.4, -0.2) is 75.4 Å². The van der Waals surface area contributed by atoms with Crippen LogP contribution in [0.15, 0.2) is 114 Å². The van der Waals surface area contributed by atoms with Gasteiger partial charge in [0.2, 0.25) is 10.0 Å². The molecule has 54 heavy (non-hydrogen) atoms. The van der Waals surface area contributed by atoms with Crippen LogP contribution in [0.5, 0.6) is 5.75 Å². The van der Waals surface area contributed by atoms with Crippen molar-refractivity contribution in [3.63, 3.8) is 0 Å². The zero-order valence-electron chi connectivity index (χ0n) is 30.7. The van der Waals surface area contributed by atoms with Crippen molar-refractivity contribution in [2.24, 2.45) is 11.7 Å². The average molecular weight is 759 g/mol. The molecule has 13 heteroatoms. The Bertz CT molecular complexity index is 1870. The molecule has 5 N–H and O–H groups in total. The number of nitrogens with one attached hydrogen (secondary N) is 1. The van der Waals surface area contributed by atoms with E-state index in [9.17, 15) is 18.0 Å². The van der Waals surface area contributed by atoms with Crippen LogP contribution in [0.4, 0.5) is 10.5 Å². The highest BCUT2D eigenvalue weighted by molar-refractivity contribution is 7.89. The number of ether oxygens (including phenoxy) is 4. The van der Waals surface area contributed by atoms with Crippen LogP contribution in [0.2, 0.25) is 0 Å². The zero-order valence-corrected chi connectivity index (χ0v) is 31.5. The SMILES string of the molecule is CC(C)CN(C[C@@H](OC(=O)[C@@H](N)Cc1ccc(OCc2ccccc2)cc1)[C@H](Cc1ccccc1)NC(=O)O[C@H]1CCOC1)S(=O)(=O)c1ccc(N)cc1. The molecule has 0 saturated carbocycles. The van der Waals surface area contributed by atoms with Gasteiger partial charge in [-0.15, -0.1) is 0 Å². The Morgan fingerprint density at radius 3 is 2.09 bits per heavy atom. The molecule has 1 fully saturated rings. The maximum atomic E-state index is 14.1. The highest BCUT2D eigenvalue weighted by Gasteiger charge is 2.36. The molecule has 0 bridgehead atoms. The molecule has 1 aliphatic rings. The number of carbonyl (C=O) groups is 2. The van der Waals surface area contributed by atoms with Crippen molar-refractivity contribution >= 4 is 27.8 Å². The topological polar surface area (TPSA) is 173 Å². The van der Waals surface area contributed by atoms with E-state index in [1.807, 2.05) is 98.8 Å². The maximum Gasteiger partial charge on any atom is 0.407 e. The first-order valence-electron chi connectivity index (χ1n) is 18.1. The van der Waals surface area contributed by atoms with Gasteiger partial charge in [0.25, 0.3) is 0 Å². The van der Waals surface area contributed by atoms with Gasteiger partial charge in [0.05, 0.1) is 30.7 Å². The first-order valence-corrected chi connectivity index (χ1v) is 19.6. The Morgan fingerprint density at radius 1 is 0.852 bits per heavy atom. The summed E-state index contributed by atoms with van der Waals surface area (Å²) in [5.74, 6) is -0.187. The van der Waals surface area contributed by atoms with Crippen LogP contribution < -0.4 is 21.5 Å². The molecule has 288 valence electrons. The average Bonchev–Trinajstić information content (AvgIpc) is 3.67. The number of hydrogen-bond donors (Lipinski definition) is 3. The second-order valence-electron chi connectivity index (χ2n) is 13.8. The van der Waals surface area contributed by atoms with Crippen molar-refractivity contribution in [3.05, 3.63) is 126 Å². The van der Waals surface area contributed by atoms with E-state index in [2.05, 4.69) is 5.32 Å². The number of esters is 1. The van der Waals surface area contributed by atoms with E-state index < -0.39 is 46.4 Å². The van der Waals surface area contributed by atoms with E-state index in [1.165, 1.54) is 28.6 Å². The van der Waals surface area contributed by atoms with Crippen LogP contribution in [0.3, 0.4) is 0 Å². The van der Waals surface area contributed by atoms with Gasteiger partial charge < -0.3 is 35.7 Å². The fraction of sp³-hybridized carbons (Fsp3) is 0.366. The van der Waals surface area contributed by atoms with Crippen molar-refractivity contribution in [2.75, 3.05) is 32.0 Å². The molecule has 12 nitrogen and oxygen atoms in total. The molecule has 1 amide bonds. The van der Waals surface area contributed by atoms with Crippen molar-refractivity contribution in [3.8, 4) is 5.75 Å². The van der Waals surface area contributed by atoms with Gasteiger partial charge in [-0.25, -0.2) is 13.2 Å². The maximum absolute atomic E-state index is 14.1. The molecule has 1 aliphatic heterocycles. The third-order valence-electron chi connectivity index (χ3n) is 8.88. The Hall–Kier alpha value is -4.95. The molecule has 0 radical (unpaired) electrons. The van der Waals surface area contributed by atoms with Crippen LogP contribution in [0.25, 0.3) is 0 Å². The standard InChI is InChI=1S/C41H50N4O8S/c1-29(2)25-45(54(48,49)36-19-15-33(42)16-20-36)26-39(38(24-30-9-5-3-6-10-30)44-41(47)52-35-21-22-50-28-35)53-40(46)37(43)23-31-13-17-34(18-14-31)51-27-32-11-7-4-8-12-32/h3-20,29,35,37-39H,21-28,42-43H2,1-2H3,(H,44,47)/t35-,37-,38-,39+/m0/s1. The van der Waals surface area contributed by atoms with Gasteiger partial charge in [-0.3, -0.25) is 4.79 Å². The molecule has 0 spiro atoms. The van der Waals surface area contributed by atoms with Crippen molar-refractivity contribution in [1.29, 1.82) is 0 Å². The van der Waals surface area contributed by atoms with Crippen LogP contribution in [-0.2, 0) is 48.5 Å². The first-order chi connectivity index (χ1) is 26.0. The Labute approximate surface area is 317 Å². The van der Waals surface area contributed by atoms with Gasteiger partial charge in [-0.1, -0.05) is 86.6 Å². The predicted molar refractivity (Wildman–Crippen MR) is 206 cm³/mol. The predicted octanol–water partition coefficient (Wildman–Crippen LogP) is 5.10. The summed E-state index contributed by atoms with van der Waals surface area (Å²) in [6.07, 6.45) is -1.45. The summed E-state index contributed by atoms with van der Waals surface area (Å²) in [7, 11) is -4.11. The van der Waals surface area contributed by atoms with Crippen LogP contribution in [0, 0.1) is 5.92 Å². The quantitative estimate of drug-likeness (QED) is 0.0916. The molecular formula is C41H50N4O8S. The summed E-state index contributed by atoms with van der Waals surface area (Å²) >= 11 is 0. The Balaban J connectivity index is 1.39. The molecule has 4 aromatic rings. The van der Waals surface area contributed by atoms with E-state index in [0.717, 1.165) is 16.7 Å². The highest BCUT2D eigenvalue weighted by Crippen LogP contribution is 2.23. The Kier molecular flexibility index (Phi) is 14.5. The number of benzene rings is 4. The lowest BCUT2D eigenvalue weighted by atomic mass is 10.0. The normalized spacial score (nSPS) is 16.1. The minimum atomic E-state index is -4.11. The summed E-state index contributed by atoms with van der Waals surface area (Å²) in [4.78, 5) is 27.2. The molecule has 1 saturated heterocycles. The van der Waals surface area contributed by atoms with Crippen molar-refractivity contribution < 1.29 is 37.0 Å². The van der Waals surface area contributed by atoms with Gasteiger partial charge >= 0.3 is 12.1 Å². The number of nitrogens with zero attached hydrogens (tertiary/aromatic N) is 1. The van der Waals surface area contributed by atoms with Gasteiger partial charge in [-0.05, 0) is 71.8 Å². The lowest BCUT2D eigenvalue weighted by Crippen LogP contribution is -2.54. The molecule has 5 rings (SSSR count). The minimum Gasteiger partial charge on any atom is -0.489 e. The van der Waals surface area contributed by atoms with Gasteiger partial charge in [0.1, 0.15) is 30.6 Å². The van der Waals surface area contributed by atoms with Crippen molar-refractivity contribution in [1.82, 2.24) is 9.62 Å². The number of sulfonamides is 1. The monoisotopic (exact) mass is 758 g/mol. The second-order valence-corrected chi connectivity index (χ2v) is 15.8. The molecular weight excluding hydrogens is 709 g/mol. The number of rotatable bonds is 18. The number of hydrogen-bond acceptors (Lipinski definition) is 10. The molecule has 0 aliphatic carbocycles. The van der Waals surface area contributed by atoms with E-state index in [0.29, 0.717) is 31.1 Å². The summed E-state index contributed by atoms with van der Waals surface area (Å²) in [6, 6.07) is 30.3. The van der Waals surface area contributed by atoms with E-state index in [-0.39, 0.29) is 43.4 Å². The number of alkyl carbamates (subject to hydrolysis) is 1. The third-order valence-corrected chi connectivity index (χ3v) is 10.7. The number of amides is 1. The fourth-order valence-corrected chi connectivity index (χ4v) is 7.65. The van der Waals surface area contributed by atoms with Crippen LogP contribution >= 0.6 is 0 Å². The number of carbonyl (C=O) groups excluding carboxylic acids is 2. The minimum absolute atomic E-state index is 0.0311. The lowest BCUT2D eigenvalue weighted by Gasteiger charge is -2.33. The number of nitrogen functional groups attached to an aromatic ring is 1. The summed E-state index contributed by atoms with van der Waals surface area (Å²) in [5.41, 5.74) is 15.4. The second kappa shape index (κ2) is 19.4. The third kappa shape index (κ3) is 12.0. The summed E-state index contributed by atoms with van der Waals surface area (Å²) in [5, 5.41) is 2.89. The Morgan fingerprint density at radius 2 is 1.48 bits per heavy atom. The highest BCUT2D eigenvalue weighted by atomic mass is 32.2. The largest absolute Gasteiger partial charge is 0.489 e. The lowest BCUT2D eigenvalue weighted by molar-refractivity contribution is -0.152. The van der Waals surface area contributed by atoms with Gasteiger partial charge in [0, 0.05) is 18.7 Å². The molecule has 4 atom stereocenters. The van der Waals surface area contributed by atoms with E-state index >= 15 is 0 Å².